The first-order chi connectivity index (χ1) is 7.25. The van der Waals surface area contributed by atoms with Crippen LogP contribution in [0, 0.1) is 5.92 Å². The van der Waals surface area contributed by atoms with Crippen molar-refractivity contribution in [2.24, 2.45) is 10.9 Å². The van der Waals surface area contributed by atoms with Crippen LogP contribution in [0.4, 0.5) is 0 Å². The Morgan fingerprint density at radius 3 is 2.73 bits per heavy atom. The van der Waals surface area contributed by atoms with E-state index >= 15 is 0 Å². The molecule has 1 aliphatic heterocycles. The van der Waals surface area contributed by atoms with Gasteiger partial charge in [-0.15, -0.1) is 0 Å². The van der Waals surface area contributed by atoms with Crippen LogP contribution < -0.4 is 0 Å². The SMILES string of the molecule is CC(C)C[C@@H]1COC(c2ccccc2)=N1. The van der Waals surface area contributed by atoms with E-state index < -0.39 is 0 Å². The van der Waals surface area contributed by atoms with E-state index in [1.807, 2.05) is 30.3 Å². The average Bonchev–Trinajstić information content (AvgIpc) is 2.67. The number of rotatable bonds is 3. The molecule has 0 spiro atoms. The molecule has 15 heavy (non-hydrogen) atoms. The molecule has 0 aromatic heterocycles. The number of benzene rings is 1. The Labute approximate surface area is 91.0 Å². The summed E-state index contributed by atoms with van der Waals surface area (Å²) in [6, 6.07) is 10.5. The van der Waals surface area contributed by atoms with Crippen LogP contribution in [0.15, 0.2) is 35.3 Å². The van der Waals surface area contributed by atoms with Gasteiger partial charge in [0.05, 0.1) is 6.04 Å². The van der Waals surface area contributed by atoms with Crippen molar-refractivity contribution in [3.8, 4) is 0 Å². The Kier molecular flexibility index (Phi) is 3.05. The first-order valence-corrected chi connectivity index (χ1v) is 5.51. The highest BCUT2D eigenvalue weighted by molar-refractivity contribution is 5.95. The molecule has 0 aliphatic carbocycles. The van der Waals surface area contributed by atoms with Crippen molar-refractivity contribution in [1.82, 2.24) is 0 Å². The summed E-state index contributed by atoms with van der Waals surface area (Å²) in [6.45, 7) is 5.18. The summed E-state index contributed by atoms with van der Waals surface area (Å²) in [4.78, 5) is 4.59. The van der Waals surface area contributed by atoms with Crippen LogP contribution in [0.2, 0.25) is 0 Å². The molecule has 0 saturated heterocycles. The molecular formula is C13H17NO. The zero-order chi connectivity index (χ0) is 10.7. The van der Waals surface area contributed by atoms with Gasteiger partial charge in [0.2, 0.25) is 5.90 Å². The number of aliphatic imine (C=N–C) groups is 1. The highest BCUT2D eigenvalue weighted by atomic mass is 16.5. The summed E-state index contributed by atoms with van der Waals surface area (Å²) in [5.74, 6) is 1.48. The molecule has 0 unspecified atom stereocenters. The quantitative estimate of drug-likeness (QED) is 0.740. The third kappa shape index (κ3) is 2.58. The van der Waals surface area contributed by atoms with Crippen molar-refractivity contribution in [1.29, 1.82) is 0 Å². The fourth-order valence-electron chi connectivity index (χ4n) is 1.82. The van der Waals surface area contributed by atoms with Crippen molar-refractivity contribution < 1.29 is 4.74 Å². The Morgan fingerprint density at radius 1 is 1.33 bits per heavy atom. The molecule has 0 radical (unpaired) electrons. The molecule has 1 heterocycles. The second-order valence-corrected chi connectivity index (χ2v) is 4.39. The van der Waals surface area contributed by atoms with Gasteiger partial charge in [0, 0.05) is 5.56 Å². The minimum absolute atomic E-state index is 0.347. The number of nitrogens with zero attached hydrogens (tertiary/aromatic N) is 1. The van der Waals surface area contributed by atoms with E-state index in [1.165, 1.54) is 0 Å². The maximum Gasteiger partial charge on any atom is 0.216 e. The third-order valence-electron chi connectivity index (χ3n) is 2.48. The second-order valence-electron chi connectivity index (χ2n) is 4.39. The molecule has 1 atom stereocenters. The first-order valence-electron chi connectivity index (χ1n) is 5.51. The molecule has 2 heteroatoms. The molecule has 0 bridgehead atoms. The van der Waals surface area contributed by atoms with Gasteiger partial charge >= 0.3 is 0 Å². The van der Waals surface area contributed by atoms with Crippen LogP contribution in [-0.2, 0) is 4.74 Å². The fourth-order valence-corrected chi connectivity index (χ4v) is 1.82. The van der Waals surface area contributed by atoms with Crippen molar-refractivity contribution in [2.45, 2.75) is 26.3 Å². The van der Waals surface area contributed by atoms with Crippen molar-refractivity contribution in [3.63, 3.8) is 0 Å². The lowest BCUT2D eigenvalue weighted by Gasteiger charge is -2.06. The van der Waals surface area contributed by atoms with Crippen LogP contribution in [0.1, 0.15) is 25.8 Å². The maximum absolute atomic E-state index is 5.60. The van der Waals surface area contributed by atoms with Gasteiger partial charge in [-0.3, -0.25) is 0 Å². The van der Waals surface area contributed by atoms with E-state index in [0.29, 0.717) is 12.0 Å². The molecule has 1 aromatic rings. The Morgan fingerprint density at radius 2 is 2.07 bits per heavy atom. The summed E-state index contributed by atoms with van der Waals surface area (Å²) in [5, 5.41) is 0. The van der Waals surface area contributed by atoms with Gasteiger partial charge in [-0.1, -0.05) is 32.0 Å². The standard InChI is InChI=1S/C13H17NO/c1-10(2)8-12-9-15-13(14-12)11-6-4-3-5-7-11/h3-7,10,12H,8-9H2,1-2H3/t12-/m1/s1. The molecule has 2 rings (SSSR count). The molecule has 80 valence electrons. The van der Waals surface area contributed by atoms with Crippen LogP contribution in [0.5, 0.6) is 0 Å². The minimum atomic E-state index is 0.347. The number of hydrogen-bond donors (Lipinski definition) is 0. The van der Waals surface area contributed by atoms with Gasteiger partial charge in [-0.05, 0) is 24.5 Å². The maximum atomic E-state index is 5.60. The molecule has 1 aliphatic rings. The summed E-state index contributed by atoms with van der Waals surface area (Å²) >= 11 is 0. The highest BCUT2D eigenvalue weighted by Gasteiger charge is 2.20. The van der Waals surface area contributed by atoms with E-state index in [9.17, 15) is 0 Å². The molecule has 0 fully saturated rings. The lowest BCUT2D eigenvalue weighted by Crippen LogP contribution is -2.09. The molecular weight excluding hydrogens is 186 g/mol. The lowest BCUT2D eigenvalue weighted by atomic mass is 10.1. The van der Waals surface area contributed by atoms with E-state index in [2.05, 4.69) is 18.8 Å². The van der Waals surface area contributed by atoms with Crippen LogP contribution in [0.3, 0.4) is 0 Å². The van der Waals surface area contributed by atoms with Crippen LogP contribution in [-0.4, -0.2) is 18.5 Å². The van der Waals surface area contributed by atoms with Crippen molar-refractivity contribution in [2.75, 3.05) is 6.61 Å². The topological polar surface area (TPSA) is 21.6 Å². The number of hydrogen-bond acceptors (Lipinski definition) is 2. The monoisotopic (exact) mass is 203 g/mol. The summed E-state index contributed by atoms with van der Waals surface area (Å²) in [7, 11) is 0. The first kappa shape index (κ1) is 10.2. The molecule has 0 N–H and O–H groups in total. The number of ether oxygens (including phenoxy) is 1. The Balaban J connectivity index is 2.07. The van der Waals surface area contributed by atoms with Crippen LogP contribution in [0.25, 0.3) is 0 Å². The molecule has 1 aromatic carbocycles. The lowest BCUT2D eigenvalue weighted by molar-refractivity contribution is 0.301. The van der Waals surface area contributed by atoms with Gasteiger partial charge in [0.15, 0.2) is 0 Å². The van der Waals surface area contributed by atoms with E-state index in [4.69, 9.17) is 4.74 Å². The molecule has 0 saturated carbocycles. The van der Waals surface area contributed by atoms with Crippen molar-refractivity contribution in [3.05, 3.63) is 35.9 Å². The van der Waals surface area contributed by atoms with Crippen molar-refractivity contribution >= 4 is 5.90 Å². The minimum Gasteiger partial charge on any atom is -0.475 e. The van der Waals surface area contributed by atoms with Crippen LogP contribution >= 0.6 is 0 Å². The normalized spacial score (nSPS) is 20.2. The van der Waals surface area contributed by atoms with Gasteiger partial charge in [-0.2, -0.15) is 0 Å². The van der Waals surface area contributed by atoms with Gasteiger partial charge in [-0.25, -0.2) is 4.99 Å². The predicted molar refractivity (Wildman–Crippen MR) is 62.2 cm³/mol. The summed E-state index contributed by atoms with van der Waals surface area (Å²) in [5.41, 5.74) is 1.09. The highest BCUT2D eigenvalue weighted by Crippen LogP contribution is 2.17. The zero-order valence-corrected chi connectivity index (χ0v) is 9.31. The van der Waals surface area contributed by atoms with E-state index in [-0.39, 0.29) is 0 Å². The second kappa shape index (κ2) is 4.47. The summed E-state index contributed by atoms with van der Waals surface area (Å²) < 4.78 is 5.60. The Bertz CT molecular complexity index is 343. The third-order valence-corrected chi connectivity index (χ3v) is 2.48. The van der Waals surface area contributed by atoms with E-state index in [0.717, 1.165) is 24.5 Å². The Hall–Kier alpha value is -1.31. The van der Waals surface area contributed by atoms with Gasteiger partial charge < -0.3 is 4.74 Å². The zero-order valence-electron chi connectivity index (χ0n) is 9.31. The summed E-state index contributed by atoms with van der Waals surface area (Å²) in [6.07, 6.45) is 1.11. The van der Waals surface area contributed by atoms with Gasteiger partial charge in [0.1, 0.15) is 6.61 Å². The predicted octanol–water partition coefficient (Wildman–Crippen LogP) is 2.88. The molecule has 0 amide bonds. The fraction of sp³-hybridized carbons (Fsp3) is 0.462. The smallest absolute Gasteiger partial charge is 0.216 e. The van der Waals surface area contributed by atoms with E-state index in [1.54, 1.807) is 0 Å². The molecule has 2 nitrogen and oxygen atoms in total. The largest absolute Gasteiger partial charge is 0.475 e. The average molecular weight is 203 g/mol. The van der Waals surface area contributed by atoms with Gasteiger partial charge in [0.25, 0.3) is 0 Å².